The van der Waals surface area contributed by atoms with Gasteiger partial charge in [-0.05, 0) is 43.0 Å². The van der Waals surface area contributed by atoms with Crippen molar-refractivity contribution < 1.29 is 4.74 Å². The van der Waals surface area contributed by atoms with Crippen LogP contribution in [-0.2, 0) is 4.74 Å². The first-order valence-electron chi connectivity index (χ1n) is 10.5. The highest BCUT2D eigenvalue weighted by Crippen LogP contribution is 2.57. The fourth-order valence-electron chi connectivity index (χ4n) is 5.77. The zero-order valence-electron chi connectivity index (χ0n) is 17.4. The fraction of sp³-hybridized carbons (Fsp3) is 0.500. The van der Waals surface area contributed by atoms with Gasteiger partial charge in [-0.1, -0.05) is 54.1 Å². The van der Waals surface area contributed by atoms with E-state index in [1.807, 2.05) is 12.1 Å². The second kappa shape index (κ2) is 9.36. The van der Waals surface area contributed by atoms with Crippen molar-refractivity contribution in [1.29, 1.82) is 0 Å². The third-order valence-electron chi connectivity index (χ3n) is 6.86. The van der Waals surface area contributed by atoms with Gasteiger partial charge in [-0.25, -0.2) is 0 Å². The van der Waals surface area contributed by atoms with Crippen molar-refractivity contribution in [3.8, 4) is 0 Å². The molecule has 3 heterocycles. The molecule has 0 amide bonds. The molecular weight excluding hydrogens is 439 g/mol. The molecule has 3 aliphatic heterocycles. The molecule has 6 rings (SSSR count). The summed E-state index contributed by atoms with van der Waals surface area (Å²) in [6.45, 7) is 8.89. The Morgan fingerprint density at radius 2 is 1.50 bits per heavy atom. The van der Waals surface area contributed by atoms with E-state index in [2.05, 4.69) is 59.2 Å². The van der Waals surface area contributed by atoms with Gasteiger partial charge in [0.25, 0.3) is 0 Å². The summed E-state index contributed by atoms with van der Waals surface area (Å²) in [5.74, 6) is 0. The third-order valence-corrected chi connectivity index (χ3v) is 7.11. The average Bonchev–Trinajstić information content (AvgIpc) is 3.18. The maximum absolute atomic E-state index is 6.14. The number of benzene rings is 2. The summed E-state index contributed by atoms with van der Waals surface area (Å²) in [5, 5.41) is 0.797. The number of nitrogens with zero attached hydrogens (tertiary/aromatic N) is 2. The minimum Gasteiger partial charge on any atom is -0.375 e. The van der Waals surface area contributed by atoms with Crippen LogP contribution in [0.15, 0.2) is 54.6 Å². The Labute approximate surface area is 197 Å². The molecule has 2 aromatic carbocycles. The van der Waals surface area contributed by atoms with Crippen LogP contribution < -0.4 is 0 Å². The van der Waals surface area contributed by atoms with Gasteiger partial charge in [0.05, 0.1) is 18.2 Å². The summed E-state index contributed by atoms with van der Waals surface area (Å²) in [5.41, 5.74) is 3.30. The smallest absolute Gasteiger partial charge is 0.0668 e. The molecule has 4 aliphatic rings. The number of rotatable bonds is 5. The van der Waals surface area contributed by atoms with Gasteiger partial charge in [-0.15, -0.1) is 24.8 Å². The predicted octanol–water partition coefficient (Wildman–Crippen LogP) is 5.46. The Bertz CT molecular complexity index is 816. The first kappa shape index (κ1) is 23.8. The summed E-state index contributed by atoms with van der Waals surface area (Å²) in [6.07, 6.45) is 2.50. The highest BCUT2D eigenvalue weighted by molar-refractivity contribution is 6.30. The van der Waals surface area contributed by atoms with Gasteiger partial charge in [0, 0.05) is 43.2 Å². The Morgan fingerprint density at radius 3 is 2.07 bits per heavy atom. The zero-order valence-corrected chi connectivity index (χ0v) is 19.8. The molecule has 2 bridgehead atoms. The van der Waals surface area contributed by atoms with E-state index in [1.165, 1.54) is 30.5 Å². The molecule has 1 unspecified atom stereocenters. The number of piperazine rings is 1. The van der Waals surface area contributed by atoms with E-state index in [-0.39, 0.29) is 30.4 Å². The van der Waals surface area contributed by atoms with Crippen LogP contribution in [0.5, 0.6) is 0 Å². The summed E-state index contributed by atoms with van der Waals surface area (Å²) in [4.78, 5) is 5.29. The van der Waals surface area contributed by atoms with Crippen molar-refractivity contribution in [2.24, 2.45) is 5.41 Å². The summed E-state index contributed by atoms with van der Waals surface area (Å²) in [6, 6.07) is 19.5. The molecule has 0 N–H and O–H groups in total. The van der Waals surface area contributed by atoms with E-state index in [4.69, 9.17) is 16.3 Å². The van der Waals surface area contributed by atoms with E-state index in [9.17, 15) is 0 Å². The molecule has 3 nitrogen and oxygen atoms in total. The molecule has 30 heavy (non-hydrogen) atoms. The molecule has 0 aromatic heterocycles. The van der Waals surface area contributed by atoms with E-state index >= 15 is 0 Å². The van der Waals surface area contributed by atoms with Gasteiger partial charge in [-0.3, -0.25) is 4.90 Å². The Kier molecular flexibility index (Phi) is 7.44. The molecule has 0 spiro atoms. The van der Waals surface area contributed by atoms with Crippen LogP contribution in [0.1, 0.15) is 36.9 Å². The molecule has 3 saturated heterocycles. The lowest BCUT2D eigenvalue weighted by atomic mass is 9.63. The van der Waals surface area contributed by atoms with Gasteiger partial charge in [0.1, 0.15) is 0 Å². The van der Waals surface area contributed by atoms with Crippen molar-refractivity contribution in [2.45, 2.75) is 31.4 Å². The van der Waals surface area contributed by atoms with Gasteiger partial charge < -0.3 is 9.64 Å². The lowest BCUT2D eigenvalue weighted by Crippen LogP contribution is -2.54. The van der Waals surface area contributed by atoms with E-state index in [0.29, 0.717) is 11.5 Å². The van der Waals surface area contributed by atoms with Crippen LogP contribution in [0.3, 0.4) is 0 Å². The van der Waals surface area contributed by atoms with E-state index in [1.54, 1.807) is 0 Å². The van der Waals surface area contributed by atoms with Crippen LogP contribution >= 0.6 is 36.4 Å². The van der Waals surface area contributed by atoms with Gasteiger partial charge in [-0.2, -0.15) is 0 Å². The molecule has 0 radical (unpaired) electrons. The molecule has 1 atom stereocenters. The molecule has 6 heteroatoms. The van der Waals surface area contributed by atoms with E-state index in [0.717, 1.165) is 37.8 Å². The maximum atomic E-state index is 6.14. The number of ether oxygens (including phenoxy) is 1. The van der Waals surface area contributed by atoms with Gasteiger partial charge in [0.15, 0.2) is 0 Å². The average molecular weight is 470 g/mol. The molecule has 4 fully saturated rings. The number of hydrogen-bond acceptors (Lipinski definition) is 3. The van der Waals surface area contributed by atoms with Crippen molar-refractivity contribution >= 4 is 36.4 Å². The largest absolute Gasteiger partial charge is 0.375 e. The number of halogens is 3. The molecular formula is C24H31Cl3N2O. The quantitative estimate of drug-likeness (QED) is 0.578. The second-order valence-corrected chi connectivity index (χ2v) is 9.71. The van der Waals surface area contributed by atoms with Crippen molar-refractivity contribution in [3.63, 3.8) is 0 Å². The standard InChI is InChI=1S/C24H29ClN2O.2ClH/c1-23-15-24(16-23,18-28-23)17-26-11-13-27(14-12-26)22(19-5-3-2-4-6-19)20-7-9-21(25)10-8-20;;/h2-10,22H,11-18H2,1H3;2*1H. The molecule has 1 saturated carbocycles. The van der Waals surface area contributed by atoms with Crippen LogP contribution in [-0.4, -0.2) is 54.7 Å². The SMILES string of the molecule is CC12CC(CN3CCN(C(c4ccccc4)c4ccc(Cl)cc4)CC3)(CO1)C2.Cl.Cl. The molecule has 164 valence electrons. The van der Waals surface area contributed by atoms with Crippen molar-refractivity contribution in [2.75, 3.05) is 39.3 Å². The van der Waals surface area contributed by atoms with Crippen LogP contribution in [0.2, 0.25) is 5.02 Å². The maximum Gasteiger partial charge on any atom is 0.0668 e. The monoisotopic (exact) mass is 468 g/mol. The third kappa shape index (κ3) is 4.67. The lowest BCUT2D eigenvalue weighted by Gasteiger charge is -2.47. The van der Waals surface area contributed by atoms with Crippen LogP contribution in [0, 0.1) is 5.41 Å². The summed E-state index contributed by atoms with van der Waals surface area (Å²) >= 11 is 6.14. The molecule has 1 aliphatic carbocycles. The van der Waals surface area contributed by atoms with Gasteiger partial charge in [0.2, 0.25) is 0 Å². The highest BCUT2D eigenvalue weighted by atomic mass is 35.5. The van der Waals surface area contributed by atoms with Gasteiger partial charge >= 0.3 is 0 Å². The highest BCUT2D eigenvalue weighted by Gasteiger charge is 2.59. The normalized spacial score (nSPS) is 29.4. The predicted molar refractivity (Wildman–Crippen MR) is 128 cm³/mol. The fourth-order valence-corrected chi connectivity index (χ4v) is 5.90. The first-order valence-corrected chi connectivity index (χ1v) is 10.8. The Morgan fingerprint density at radius 1 is 0.900 bits per heavy atom. The number of fused-ring (bicyclic) bond motifs is 1. The minimum absolute atomic E-state index is 0. The second-order valence-electron chi connectivity index (χ2n) is 9.27. The zero-order chi connectivity index (χ0) is 19.2. The molecule has 2 aromatic rings. The Hall–Kier alpha value is -0.810. The summed E-state index contributed by atoms with van der Waals surface area (Å²) < 4.78 is 6.00. The van der Waals surface area contributed by atoms with Crippen molar-refractivity contribution in [3.05, 3.63) is 70.7 Å². The topological polar surface area (TPSA) is 15.7 Å². The van der Waals surface area contributed by atoms with Crippen LogP contribution in [0.4, 0.5) is 0 Å². The lowest BCUT2D eigenvalue weighted by molar-refractivity contribution is -0.0114. The van der Waals surface area contributed by atoms with Crippen LogP contribution in [0.25, 0.3) is 0 Å². The number of hydrogen-bond donors (Lipinski definition) is 0. The van der Waals surface area contributed by atoms with Crippen molar-refractivity contribution in [1.82, 2.24) is 9.80 Å². The summed E-state index contributed by atoms with van der Waals surface area (Å²) in [7, 11) is 0. The first-order chi connectivity index (χ1) is 13.5. The minimum atomic E-state index is 0. The van der Waals surface area contributed by atoms with E-state index < -0.39 is 0 Å². The Balaban J connectivity index is 0.00000128.